The molecule has 0 aliphatic rings. The number of benzene rings is 1. The summed E-state index contributed by atoms with van der Waals surface area (Å²) in [4.78, 5) is 3.85. The summed E-state index contributed by atoms with van der Waals surface area (Å²) < 4.78 is 32.8. The number of aromatic nitrogens is 1. The third kappa shape index (κ3) is 3.56. The van der Waals surface area contributed by atoms with Crippen LogP contribution in [-0.4, -0.2) is 11.5 Å². The second-order valence-corrected chi connectivity index (χ2v) is 4.28. The zero-order valence-electron chi connectivity index (χ0n) is 11.9. The van der Waals surface area contributed by atoms with Crippen molar-refractivity contribution in [2.75, 3.05) is 11.9 Å². The van der Waals surface area contributed by atoms with E-state index in [1.54, 1.807) is 19.1 Å². The highest BCUT2D eigenvalue weighted by molar-refractivity contribution is 5.57. The van der Waals surface area contributed by atoms with Gasteiger partial charge in [-0.05, 0) is 19.9 Å². The highest BCUT2D eigenvalue weighted by atomic mass is 19.1. The van der Waals surface area contributed by atoms with E-state index in [1.165, 1.54) is 0 Å². The van der Waals surface area contributed by atoms with E-state index in [4.69, 9.17) is 4.74 Å². The van der Waals surface area contributed by atoms with Gasteiger partial charge in [0.1, 0.15) is 5.75 Å². The Morgan fingerprint density at radius 2 is 2.00 bits per heavy atom. The zero-order valence-corrected chi connectivity index (χ0v) is 11.9. The molecule has 0 amide bonds. The molecule has 0 unspecified atom stereocenters. The van der Waals surface area contributed by atoms with Crippen molar-refractivity contribution in [3.05, 3.63) is 53.6 Å². The summed E-state index contributed by atoms with van der Waals surface area (Å²) >= 11 is 0. The molecular formula is C16H16F2N2O. The third-order valence-electron chi connectivity index (χ3n) is 2.71. The molecule has 21 heavy (non-hydrogen) atoms. The minimum Gasteiger partial charge on any atom is -0.436 e. The summed E-state index contributed by atoms with van der Waals surface area (Å²) in [6.45, 7) is 4.15. The maximum Gasteiger partial charge on any atom is 0.258 e. The van der Waals surface area contributed by atoms with Gasteiger partial charge in [0, 0.05) is 18.2 Å². The SMILES string of the molecule is C/C=C/c1ccccc1Oc1nc(NCC)c(F)cc1F. The number of hydrogen-bond donors (Lipinski definition) is 1. The Morgan fingerprint density at radius 1 is 1.24 bits per heavy atom. The Balaban J connectivity index is 2.37. The first-order chi connectivity index (χ1) is 10.2. The number of halogens is 2. The van der Waals surface area contributed by atoms with E-state index in [1.807, 2.05) is 31.2 Å². The van der Waals surface area contributed by atoms with Crippen LogP contribution in [0.5, 0.6) is 11.6 Å². The van der Waals surface area contributed by atoms with E-state index < -0.39 is 11.6 Å². The maximum atomic E-state index is 13.8. The monoisotopic (exact) mass is 290 g/mol. The van der Waals surface area contributed by atoms with E-state index in [-0.39, 0.29) is 11.7 Å². The molecule has 0 fully saturated rings. The molecule has 1 N–H and O–H groups in total. The van der Waals surface area contributed by atoms with Gasteiger partial charge in [-0.25, -0.2) is 8.78 Å². The van der Waals surface area contributed by atoms with Gasteiger partial charge < -0.3 is 10.1 Å². The van der Waals surface area contributed by atoms with E-state index in [0.29, 0.717) is 12.3 Å². The lowest BCUT2D eigenvalue weighted by Crippen LogP contribution is -2.05. The normalized spacial score (nSPS) is 10.9. The first kappa shape index (κ1) is 15.0. The summed E-state index contributed by atoms with van der Waals surface area (Å²) in [6, 6.07) is 7.92. The number of rotatable bonds is 5. The highest BCUT2D eigenvalue weighted by Crippen LogP contribution is 2.28. The molecule has 110 valence electrons. The van der Waals surface area contributed by atoms with Gasteiger partial charge in [-0.1, -0.05) is 30.4 Å². The molecule has 5 heteroatoms. The molecule has 0 aliphatic carbocycles. The molecule has 0 bridgehead atoms. The van der Waals surface area contributed by atoms with Gasteiger partial charge in [0.05, 0.1) is 0 Å². The summed E-state index contributed by atoms with van der Waals surface area (Å²) in [5.74, 6) is -1.43. The smallest absolute Gasteiger partial charge is 0.258 e. The van der Waals surface area contributed by atoms with Crippen LogP contribution in [0.15, 0.2) is 36.4 Å². The Bertz CT molecular complexity index is 657. The number of pyridine rings is 1. The van der Waals surface area contributed by atoms with Crippen LogP contribution < -0.4 is 10.1 Å². The maximum absolute atomic E-state index is 13.8. The lowest BCUT2D eigenvalue weighted by molar-refractivity contribution is 0.417. The van der Waals surface area contributed by atoms with E-state index >= 15 is 0 Å². The van der Waals surface area contributed by atoms with Crippen LogP contribution in [0.3, 0.4) is 0 Å². The first-order valence-electron chi connectivity index (χ1n) is 6.65. The Hall–Kier alpha value is -2.43. The highest BCUT2D eigenvalue weighted by Gasteiger charge is 2.14. The van der Waals surface area contributed by atoms with E-state index in [0.717, 1.165) is 11.6 Å². The fourth-order valence-corrected chi connectivity index (χ4v) is 1.81. The fraction of sp³-hybridized carbons (Fsp3) is 0.188. The van der Waals surface area contributed by atoms with Gasteiger partial charge in [0.2, 0.25) is 0 Å². The van der Waals surface area contributed by atoms with Crippen LogP contribution in [0.2, 0.25) is 0 Å². The van der Waals surface area contributed by atoms with Crippen molar-refractivity contribution in [1.82, 2.24) is 4.98 Å². The van der Waals surface area contributed by atoms with Gasteiger partial charge in [-0.3, -0.25) is 0 Å². The van der Waals surface area contributed by atoms with E-state index in [2.05, 4.69) is 10.3 Å². The average Bonchev–Trinajstić information content (AvgIpc) is 2.46. The van der Waals surface area contributed by atoms with Crippen molar-refractivity contribution in [1.29, 1.82) is 0 Å². The number of ether oxygens (including phenoxy) is 1. The quantitative estimate of drug-likeness (QED) is 0.872. The number of anilines is 1. The minimum absolute atomic E-state index is 0.0302. The molecule has 1 aromatic heterocycles. The summed E-state index contributed by atoms with van der Waals surface area (Å²) in [6.07, 6.45) is 3.68. The number of nitrogens with one attached hydrogen (secondary N) is 1. The standard InChI is InChI=1S/C16H16F2N2O/c1-3-7-11-8-5-6-9-14(11)21-16-13(18)10-12(17)15(20-16)19-4-2/h3,5-10H,4H2,1-2H3,(H,19,20)/b7-3+. The molecule has 0 radical (unpaired) electrons. The second kappa shape index (κ2) is 6.83. The van der Waals surface area contributed by atoms with Crippen LogP contribution >= 0.6 is 0 Å². The number of allylic oxidation sites excluding steroid dienone is 1. The Labute approximate surface area is 122 Å². The van der Waals surface area contributed by atoms with Crippen molar-refractivity contribution < 1.29 is 13.5 Å². The lowest BCUT2D eigenvalue weighted by Gasteiger charge is -2.11. The van der Waals surface area contributed by atoms with Crippen molar-refractivity contribution in [3.63, 3.8) is 0 Å². The summed E-state index contributed by atoms with van der Waals surface area (Å²) in [5.41, 5.74) is 0.788. The molecule has 0 saturated heterocycles. The van der Waals surface area contributed by atoms with Crippen LogP contribution in [0.4, 0.5) is 14.6 Å². The van der Waals surface area contributed by atoms with Crippen LogP contribution in [0.1, 0.15) is 19.4 Å². The molecule has 0 atom stereocenters. The lowest BCUT2D eigenvalue weighted by atomic mass is 10.2. The predicted octanol–water partition coefficient (Wildman–Crippen LogP) is 4.62. The molecular weight excluding hydrogens is 274 g/mol. The molecule has 0 spiro atoms. The molecule has 0 saturated carbocycles. The summed E-state index contributed by atoms with van der Waals surface area (Å²) in [5, 5.41) is 2.72. The molecule has 2 aromatic rings. The van der Waals surface area contributed by atoms with Crippen molar-refractivity contribution in [2.24, 2.45) is 0 Å². The number of nitrogens with zero attached hydrogens (tertiary/aromatic N) is 1. The van der Waals surface area contributed by atoms with Crippen molar-refractivity contribution in [2.45, 2.75) is 13.8 Å². The average molecular weight is 290 g/mol. The third-order valence-corrected chi connectivity index (χ3v) is 2.71. The minimum atomic E-state index is -0.843. The molecule has 1 aromatic carbocycles. The van der Waals surface area contributed by atoms with Gasteiger partial charge >= 0.3 is 0 Å². The topological polar surface area (TPSA) is 34.1 Å². The van der Waals surface area contributed by atoms with Crippen molar-refractivity contribution in [3.8, 4) is 11.6 Å². The molecule has 1 heterocycles. The Kier molecular flexibility index (Phi) is 4.87. The largest absolute Gasteiger partial charge is 0.436 e. The van der Waals surface area contributed by atoms with Gasteiger partial charge in [-0.15, -0.1) is 0 Å². The Morgan fingerprint density at radius 3 is 2.71 bits per heavy atom. The number of para-hydroxylation sites is 1. The van der Waals surface area contributed by atoms with Crippen LogP contribution in [0.25, 0.3) is 6.08 Å². The van der Waals surface area contributed by atoms with Crippen LogP contribution in [-0.2, 0) is 0 Å². The molecule has 0 aliphatic heterocycles. The summed E-state index contributed by atoms with van der Waals surface area (Å²) in [7, 11) is 0. The number of hydrogen-bond acceptors (Lipinski definition) is 3. The van der Waals surface area contributed by atoms with E-state index in [9.17, 15) is 8.78 Å². The van der Waals surface area contributed by atoms with Crippen molar-refractivity contribution >= 4 is 11.9 Å². The predicted molar refractivity (Wildman–Crippen MR) is 79.5 cm³/mol. The molecule has 3 nitrogen and oxygen atoms in total. The fourth-order valence-electron chi connectivity index (χ4n) is 1.81. The zero-order chi connectivity index (χ0) is 15.2. The first-order valence-corrected chi connectivity index (χ1v) is 6.65. The van der Waals surface area contributed by atoms with Gasteiger partial charge in [0.25, 0.3) is 5.88 Å². The van der Waals surface area contributed by atoms with Gasteiger partial charge in [0.15, 0.2) is 17.5 Å². The van der Waals surface area contributed by atoms with Gasteiger partial charge in [-0.2, -0.15) is 4.98 Å². The molecule has 2 rings (SSSR count). The van der Waals surface area contributed by atoms with Crippen LogP contribution in [0, 0.1) is 11.6 Å². The second-order valence-electron chi connectivity index (χ2n) is 4.28.